The second-order valence-corrected chi connectivity index (χ2v) is 8.94. The van der Waals surface area contributed by atoms with Crippen LogP contribution in [-0.2, 0) is 11.3 Å². The molecule has 8 nitrogen and oxygen atoms in total. The molecule has 2 aromatic carbocycles. The number of tetrazole rings is 1. The van der Waals surface area contributed by atoms with Gasteiger partial charge in [-0.25, -0.2) is 0 Å². The van der Waals surface area contributed by atoms with Gasteiger partial charge >= 0.3 is 0 Å². The predicted octanol–water partition coefficient (Wildman–Crippen LogP) is 2.53. The molecule has 3 aromatic rings. The van der Waals surface area contributed by atoms with Crippen molar-refractivity contribution in [2.75, 3.05) is 32.7 Å². The van der Waals surface area contributed by atoms with Crippen LogP contribution >= 0.6 is 0 Å². The van der Waals surface area contributed by atoms with Crippen LogP contribution in [0.1, 0.15) is 37.2 Å². The lowest BCUT2D eigenvalue weighted by molar-refractivity contribution is -0.141. The molecule has 2 aliphatic heterocycles. The number of piperazine rings is 1. The first-order valence-corrected chi connectivity index (χ1v) is 11.9. The van der Waals surface area contributed by atoms with Crippen LogP contribution < -0.4 is 0 Å². The molecule has 0 bridgehead atoms. The number of rotatable bonds is 6. The average molecular weight is 446 g/mol. The second kappa shape index (κ2) is 9.80. The number of hydrogen-bond donors (Lipinski definition) is 0. The van der Waals surface area contributed by atoms with Crippen molar-refractivity contribution in [1.29, 1.82) is 0 Å². The minimum absolute atomic E-state index is 0.00504. The quantitative estimate of drug-likeness (QED) is 0.581. The molecule has 0 unspecified atom stereocenters. The normalized spacial score (nSPS) is 21.3. The van der Waals surface area contributed by atoms with Gasteiger partial charge in [0.05, 0.1) is 17.8 Å². The van der Waals surface area contributed by atoms with Crippen LogP contribution in [0.15, 0.2) is 60.7 Å². The van der Waals surface area contributed by atoms with Gasteiger partial charge in [0.2, 0.25) is 5.91 Å². The van der Waals surface area contributed by atoms with Crippen molar-refractivity contribution < 1.29 is 4.79 Å². The molecule has 0 spiro atoms. The van der Waals surface area contributed by atoms with E-state index < -0.39 is 0 Å². The van der Waals surface area contributed by atoms with Crippen LogP contribution in [0, 0.1) is 0 Å². The van der Waals surface area contributed by atoms with E-state index in [-0.39, 0.29) is 18.0 Å². The van der Waals surface area contributed by atoms with Crippen LogP contribution in [-0.4, -0.2) is 79.6 Å². The monoisotopic (exact) mass is 445 g/mol. The minimum Gasteiger partial charge on any atom is -0.337 e. The molecule has 8 heteroatoms. The molecular formula is C25H31N7O. The number of nitrogens with zero attached hydrogens (tertiary/aromatic N) is 7. The molecule has 1 amide bonds. The van der Waals surface area contributed by atoms with E-state index in [1.165, 1.54) is 5.56 Å². The van der Waals surface area contributed by atoms with E-state index in [0.29, 0.717) is 6.54 Å². The third-order valence-corrected chi connectivity index (χ3v) is 6.92. The lowest BCUT2D eigenvalue weighted by atomic mass is 10.0. The minimum atomic E-state index is -0.00504. The molecule has 33 heavy (non-hydrogen) atoms. The summed E-state index contributed by atoms with van der Waals surface area (Å²) in [5, 5.41) is 12.5. The fraction of sp³-hybridized carbons (Fsp3) is 0.440. The summed E-state index contributed by atoms with van der Waals surface area (Å²) in [6, 6.07) is 20.4. The lowest BCUT2D eigenvalue weighted by Crippen LogP contribution is -2.57. The zero-order valence-corrected chi connectivity index (χ0v) is 19.1. The Kier molecular flexibility index (Phi) is 6.46. The highest BCUT2D eigenvalue weighted by molar-refractivity contribution is 5.82. The summed E-state index contributed by atoms with van der Waals surface area (Å²) in [5.74, 6) is 1.12. The second-order valence-electron chi connectivity index (χ2n) is 8.94. The summed E-state index contributed by atoms with van der Waals surface area (Å²) < 4.78 is 1.82. The van der Waals surface area contributed by atoms with E-state index in [1.807, 2.05) is 58.1 Å². The topological polar surface area (TPSA) is 70.4 Å². The number of piperidine rings is 1. The van der Waals surface area contributed by atoms with Crippen molar-refractivity contribution >= 4 is 5.91 Å². The first kappa shape index (κ1) is 21.7. The number of carbonyl (C=O) groups excluding carboxylic acids is 1. The molecule has 5 rings (SSSR count). The third kappa shape index (κ3) is 4.67. The first-order chi connectivity index (χ1) is 16.2. The Bertz CT molecular complexity index is 1050. The molecule has 2 fully saturated rings. The average Bonchev–Trinajstić information content (AvgIpc) is 3.36. The van der Waals surface area contributed by atoms with E-state index in [9.17, 15) is 4.79 Å². The fourth-order valence-electron chi connectivity index (χ4n) is 5.03. The summed E-state index contributed by atoms with van der Waals surface area (Å²) in [4.78, 5) is 20.1. The van der Waals surface area contributed by atoms with Crippen LogP contribution in [0.4, 0.5) is 0 Å². The largest absolute Gasteiger partial charge is 0.337 e. The highest BCUT2D eigenvalue weighted by Gasteiger charge is 2.36. The molecule has 0 N–H and O–H groups in total. The van der Waals surface area contributed by atoms with Gasteiger partial charge in [0.25, 0.3) is 0 Å². The molecule has 0 saturated carbocycles. The Morgan fingerprint density at radius 2 is 1.64 bits per heavy atom. The number of hydrogen-bond acceptors (Lipinski definition) is 6. The van der Waals surface area contributed by atoms with Gasteiger partial charge in [0.15, 0.2) is 5.82 Å². The molecule has 2 saturated heterocycles. The SMILES string of the molecule is C[C@H](c1nnnn1-c1ccccc1)N1CCN([C@@H]2CCCN(Cc3ccccc3)C2=O)CC1. The van der Waals surface area contributed by atoms with Crippen molar-refractivity contribution in [1.82, 2.24) is 34.9 Å². The number of carbonyl (C=O) groups is 1. The molecule has 0 aliphatic carbocycles. The molecule has 2 aliphatic rings. The highest BCUT2D eigenvalue weighted by Crippen LogP contribution is 2.25. The summed E-state index contributed by atoms with van der Waals surface area (Å²) in [7, 11) is 0. The Morgan fingerprint density at radius 3 is 2.36 bits per heavy atom. The van der Waals surface area contributed by atoms with E-state index >= 15 is 0 Å². The molecule has 1 aromatic heterocycles. The van der Waals surface area contributed by atoms with Gasteiger partial charge in [-0.05, 0) is 47.9 Å². The van der Waals surface area contributed by atoms with Crippen LogP contribution in [0.5, 0.6) is 0 Å². The summed E-state index contributed by atoms with van der Waals surface area (Å²) >= 11 is 0. The van der Waals surface area contributed by atoms with Gasteiger partial charge < -0.3 is 4.90 Å². The van der Waals surface area contributed by atoms with Gasteiger partial charge in [0, 0.05) is 39.3 Å². The number of para-hydroxylation sites is 1. The zero-order chi connectivity index (χ0) is 22.6. The van der Waals surface area contributed by atoms with Gasteiger partial charge in [-0.1, -0.05) is 48.5 Å². The van der Waals surface area contributed by atoms with Gasteiger partial charge in [-0.15, -0.1) is 5.10 Å². The highest BCUT2D eigenvalue weighted by atomic mass is 16.2. The van der Waals surface area contributed by atoms with E-state index in [2.05, 4.69) is 44.4 Å². The summed E-state index contributed by atoms with van der Waals surface area (Å²) in [6.45, 7) is 7.27. The number of amides is 1. The van der Waals surface area contributed by atoms with Crippen LogP contribution in [0.2, 0.25) is 0 Å². The number of aromatic nitrogens is 4. The number of likely N-dealkylation sites (tertiary alicyclic amines) is 1. The van der Waals surface area contributed by atoms with Crippen molar-refractivity contribution in [2.24, 2.45) is 0 Å². The Morgan fingerprint density at radius 1 is 0.939 bits per heavy atom. The van der Waals surface area contributed by atoms with Gasteiger partial charge in [-0.2, -0.15) is 4.68 Å². The molecule has 0 radical (unpaired) electrons. The maximum atomic E-state index is 13.3. The van der Waals surface area contributed by atoms with E-state index in [4.69, 9.17) is 0 Å². The lowest BCUT2D eigenvalue weighted by Gasteiger charge is -2.43. The Labute approximate surface area is 194 Å². The molecule has 2 atom stereocenters. The third-order valence-electron chi connectivity index (χ3n) is 6.92. The summed E-state index contributed by atoms with van der Waals surface area (Å²) in [6.07, 6.45) is 2.01. The Balaban J connectivity index is 1.21. The zero-order valence-electron chi connectivity index (χ0n) is 19.1. The fourth-order valence-corrected chi connectivity index (χ4v) is 5.03. The van der Waals surface area contributed by atoms with E-state index in [0.717, 1.165) is 57.1 Å². The smallest absolute Gasteiger partial charge is 0.240 e. The Hall–Kier alpha value is -3.10. The summed E-state index contributed by atoms with van der Waals surface area (Å²) in [5.41, 5.74) is 2.16. The van der Waals surface area contributed by atoms with Crippen molar-refractivity contribution in [3.63, 3.8) is 0 Å². The van der Waals surface area contributed by atoms with Crippen molar-refractivity contribution in [3.8, 4) is 5.69 Å². The van der Waals surface area contributed by atoms with Gasteiger partial charge in [-0.3, -0.25) is 14.6 Å². The standard InChI is InChI=1S/C25H31N7O/c1-20(24-26-27-28-32(24)22-11-6-3-7-12-22)29-15-17-30(18-16-29)23-13-8-14-31(25(23)33)19-21-9-4-2-5-10-21/h2-7,9-12,20,23H,8,13-19H2,1H3/t20-,23-/m1/s1. The maximum absolute atomic E-state index is 13.3. The van der Waals surface area contributed by atoms with E-state index in [1.54, 1.807) is 0 Å². The van der Waals surface area contributed by atoms with Crippen LogP contribution in [0.3, 0.4) is 0 Å². The molecular weight excluding hydrogens is 414 g/mol. The number of benzene rings is 2. The molecule has 172 valence electrons. The predicted molar refractivity (Wildman–Crippen MR) is 126 cm³/mol. The van der Waals surface area contributed by atoms with Crippen molar-refractivity contribution in [3.05, 3.63) is 72.1 Å². The molecule has 3 heterocycles. The maximum Gasteiger partial charge on any atom is 0.240 e. The van der Waals surface area contributed by atoms with Gasteiger partial charge in [0.1, 0.15) is 0 Å². The first-order valence-electron chi connectivity index (χ1n) is 11.9. The van der Waals surface area contributed by atoms with Crippen molar-refractivity contribution in [2.45, 2.75) is 38.4 Å². The van der Waals surface area contributed by atoms with Crippen LogP contribution in [0.25, 0.3) is 5.69 Å².